The minimum Gasteiger partial charge on any atom is -0.476 e. The summed E-state index contributed by atoms with van der Waals surface area (Å²) in [6, 6.07) is 1.68. The molecule has 0 saturated heterocycles. The van der Waals surface area contributed by atoms with E-state index in [4.69, 9.17) is 5.11 Å². The first kappa shape index (κ1) is 12.0. The Balaban J connectivity index is 2.90. The van der Waals surface area contributed by atoms with E-state index >= 15 is 0 Å². The quantitative estimate of drug-likeness (QED) is 0.928. The molecule has 0 radical (unpaired) electrons. The van der Waals surface area contributed by atoms with Gasteiger partial charge in [-0.1, -0.05) is 0 Å². The van der Waals surface area contributed by atoms with Gasteiger partial charge in [0.25, 0.3) is 6.43 Å². The molecule has 0 bridgehead atoms. The number of nitrogens with zero attached hydrogens (tertiary/aromatic N) is 2. The molecule has 0 aliphatic rings. The molecule has 0 atom stereocenters. The number of aromatic carboxylic acids is 1. The molecule has 0 saturated carbocycles. The fraction of sp³-hybridized carbons (Fsp3) is 0.200. The van der Waals surface area contributed by atoms with Crippen LogP contribution >= 0.6 is 15.9 Å². The number of imidazole rings is 1. The molecular weight excluding hydrogens is 298 g/mol. The molecule has 0 unspecified atom stereocenters. The van der Waals surface area contributed by atoms with Gasteiger partial charge in [-0.05, 0) is 34.5 Å². The molecule has 0 aromatic carbocycles. The molecule has 0 spiro atoms. The summed E-state index contributed by atoms with van der Waals surface area (Å²) >= 11 is 3.18. The second kappa shape index (κ2) is 4.06. The van der Waals surface area contributed by atoms with Crippen LogP contribution in [0.3, 0.4) is 0 Å². The zero-order chi connectivity index (χ0) is 12.7. The van der Waals surface area contributed by atoms with E-state index in [0.717, 1.165) is 4.40 Å². The van der Waals surface area contributed by atoms with Crippen LogP contribution < -0.4 is 0 Å². The summed E-state index contributed by atoms with van der Waals surface area (Å²) in [5.74, 6) is -1.43. The Bertz CT molecular complexity index is 610. The van der Waals surface area contributed by atoms with Crippen molar-refractivity contribution in [1.82, 2.24) is 9.38 Å². The first-order chi connectivity index (χ1) is 7.91. The van der Waals surface area contributed by atoms with Crippen molar-refractivity contribution in [1.29, 1.82) is 0 Å². The number of pyridine rings is 1. The van der Waals surface area contributed by atoms with E-state index in [1.807, 2.05) is 0 Å². The van der Waals surface area contributed by atoms with Crippen molar-refractivity contribution >= 4 is 27.5 Å². The average molecular weight is 305 g/mol. The smallest absolute Gasteiger partial charge is 0.355 e. The molecular formula is C10H7BrF2N2O2. The molecule has 0 aliphatic carbocycles. The molecule has 0 aliphatic heterocycles. The normalized spacial score (nSPS) is 11.4. The van der Waals surface area contributed by atoms with Crippen LogP contribution in [0.1, 0.15) is 28.2 Å². The molecule has 2 aromatic rings. The van der Waals surface area contributed by atoms with Crippen molar-refractivity contribution in [3.8, 4) is 0 Å². The Morgan fingerprint density at radius 1 is 1.59 bits per heavy atom. The summed E-state index contributed by atoms with van der Waals surface area (Å²) in [5.41, 5.74) is -0.368. The van der Waals surface area contributed by atoms with E-state index in [1.54, 1.807) is 13.0 Å². The molecule has 17 heavy (non-hydrogen) atoms. The van der Waals surface area contributed by atoms with Crippen molar-refractivity contribution in [2.24, 2.45) is 0 Å². The largest absolute Gasteiger partial charge is 0.476 e. The highest BCUT2D eigenvalue weighted by Crippen LogP contribution is 2.26. The van der Waals surface area contributed by atoms with E-state index in [0.29, 0.717) is 10.0 Å². The number of halogens is 3. The molecule has 0 fully saturated rings. The van der Waals surface area contributed by atoms with Gasteiger partial charge in [0.2, 0.25) is 0 Å². The van der Waals surface area contributed by atoms with Gasteiger partial charge in [0.05, 0.1) is 0 Å². The molecule has 7 heteroatoms. The van der Waals surface area contributed by atoms with Gasteiger partial charge in [0, 0.05) is 10.7 Å². The van der Waals surface area contributed by atoms with Crippen molar-refractivity contribution in [3.63, 3.8) is 0 Å². The summed E-state index contributed by atoms with van der Waals surface area (Å²) in [5, 5.41) is 8.97. The fourth-order valence-corrected chi connectivity index (χ4v) is 2.20. The number of carboxylic acids is 1. The average Bonchev–Trinajstić information content (AvgIpc) is 2.56. The number of aryl methyl sites for hydroxylation is 1. The lowest BCUT2D eigenvalue weighted by molar-refractivity contribution is 0.0675. The number of fused-ring (bicyclic) bond motifs is 1. The van der Waals surface area contributed by atoms with E-state index < -0.39 is 23.8 Å². The number of aromatic nitrogens is 2. The van der Waals surface area contributed by atoms with Crippen LogP contribution in [0.2, 0.25) is 0 Å². The second-order valence-corrected chi connectivity index (χ2v) is 4.40. The van der Waals surface area contributed by atoms with Gasteiger partial charge in [-0.15, -0.1) is 0 Å². The first-order valence-electron chi connectivity index (χ1n) is 4.61. The van der Waals surface area contributed by atoms with Gasteiger partial charge in [0.1, 0.15) is 11.3 Å². The Morgan fingerprint density at radius 3 is 2.76 bits per heavy atom. The second-order valence-electron chi connectivity index (χ2n) is 3.49. The molecule has 2 rings (SSSR count). The maximum atomic E-state index is 12.7. The van der Waals surface area contributed by atoms with E-state index in [-0.39, 0.29) is 5.65 Å². The molecule has 4 nitrogen and oxygen atoms in total. The van der Waals surface area contributed by atoms with Gasteiger partial charge in [-0.3, -0.25) is 4.40 Å². The number of alkyl halides is 2. The van der Waals surface area contributed by atoms with Crippen LogP contribution in [-0.2, 0) is 0 Å². The van der Waals surface area contributed by atoms with Gasteiger partial charge in [-0.25, -0.2) is 18.6 Å². The number of hydrogen-bond acceptors (Lipinski definition) is 2. The highest BCUT2D eigenvalue weighted by Gasteiger charge is 2.25. The minimum atomic E-state index is -2.92. The first-order valence-corrected chi connectivity index (χ1v) is 5.40. The molecule has 90 valence electrons. The third-order valence-electron chi connectivity index (χ3n) is 2.31. The minimum absolute atomic E-state index is 0.223. The van der Waals surface area contributed by atoms with E-state index in [1.165, 1.54) is 6.20 Å². The number of hydrogen-bond donors (Lipinski definition) is 1. The lowest BCUT2D eigenvalue weighted by Gasteiger charge is -2.01. The van der Waals surface area contributed by atoms with Gasteiger partial charge < -0.3 is 5.11 Å². The van der Waals surface area contributed by atoms with Crippen molar-refractivity contribution in [3.05, 3.63) is 33.7 Å². The lowest BCUT2D eigenvalue weighted by Crippen LogP contribution is -2.05. The summed E-state index contributed by atoms with van der Waals surface area (Å²) in [7, 11) is 0. The fourth-order valence-electron chi connectivity index (χ4n) is 1.65. The highest BCUT2D eigenvalue weighted by molar-refractivity contribution is 9.10. The van der Waals surface area contributed by atoms with Crippen molar-refractivity contribution in [2.45, 2.75) is 13.3 Å². The molecule has 0 amide bonds. The Morgan fingerprint density at radius 2 is 2.24 bits per heavy atom. The highest BCUT2D eigenvalue weighted by atomic mass is 79.9. The molecule has 2 heterocycles. The Kier molecular flexibility index (Phi) is 2.86. The predicted molar refractivity (Wildman–Crippen MR) is 59.5 cm³/mol. The monoisotopic (exact) mass is 304 g/mol. The third-order valence-corrected chi connectivity index (χ3v) is 2.74. The summed E-state index contributed by atoms with van der Waals surface area (Å²) in [6.45, 7) is 1.67. The number of rotatable bonds is 2. The van der Waals surface area contributed by atoms with Crippen molar-refractivity contribution < 1.29 is 18.7 Å². The van der Waals surface area contributed by atoms with Crippen molar-refractivity contribution in [2.75, 3.05) is 0 Å². The standard InChI is InChI=1S/C10H7BrF2N2O2/c1-4-2-5(11)3-15-7(10(16)17)6(8(12)13)14-9(4)15/h2-3,8H,1H3,(H,16,17). The number of carbonyl (C=O) groups is 1. The Hall–Kier alpha value is -1.50. The van der Waals surface area contributed by atoms with Crippen LogP contribution in [0.15, 0.2) is 16.7 Å². The van der Waals surface area contributed by atoms with Crippen LogP contribution in [-0.4, -0.2) is 20.5 Å². The SMILES string of the molecule is Cc1cc(Br)cn2c(C(=O)O)c(C(F)F)nc12. The maximum absolute atomic E-state index is 12.7. The number of carboxylic acid groups (broad SMARTS) is 1. The summed E-state index contributed by atoms with van der Waals surface area (Å²) in [6.07, 6.45) is -1.51. The Labute approximate surface area is 103 Å². The van der Waals surface area contributed by atoms with Gasteiger partial charge in [0.15, 0.2) is 5.69 Å². The molecule has 1 N–H and O–H groups in total. The lowest BCUT2D eigenvalue weighted by atomic mass is 10.3. The van der Waals surface area contributed by atoms with E-state index in [9.17, 15) is 13.6 Å². The summed E-state index contributed by atoms with van der Waals surface area (Å²) < 4.78 is 27.2. The van der Waals surface area contributed by atoms with Crippen LogP contribution in [0, 0.1) is 6.92 Å². The van der Waals surface area contributed by atoms with Gasteiger partial charge in [-0.2, -0.15) is 0 Å². The third kappa shape index (κ3) is 1.90. The van der Waals surface area contributed by atoms with Crippen LogP contribution in [0.25, 0.3) is 5.65 Å². The van der Waals surface area contributed by atoms with Gasteiger partial charge >= 0.3 is 5.97 Å². The zero-order valence-corrected chi connectivity index (χ0v) is 10.2. The molecule has 2 aromatic heterocycles. The van der Waals surface area contributed by atoms with Crippen LogP contribution in [0.4, 0.5) is 8.78 Å². The van der Waals surface area contributed by atoms with E-state index in [2.05, 4.69) is 20.9 Å². The van der Waals surface area contributed by atoms with Crippen LogP contribution in [0.5, 0.6) is 0 Å². The maximum Gasteiger partial charge on any atom is 0.355 e. The predicted octanol–water partition coefficient (Wildman–Crippen LogP) is 3.04. The summed E-state index contributed by atoms with van der Waals surface area (Å²) in [4.78, 5) is 14.7. The topological polar surface area (TPSA) is 54.6 Å². The zero-order valence-electron chi connectivity index (χ0n) is 8.62.